The van der Waals surface area contributed by atoms with Crippen molar-refractivity contribution in [3.63, 3.8) is 0 Å². The van der Waals surface area contributed by atoms with Crippen LogP contribution in [0.25, 0.3) is 0 Å². The fraction of sp³-hybridized carbons (Fsp3) is 1.00. The van der Waals surface area contributed by atoms with Crippen LogP contribution in [0.5, 0.6) is 0 Å². The number of rotatable bonds is 5. The lowest BCUT2D eigenvalue weighted by molar-refractivity contribution is 0.0627. The van der Waals surface area contributed by atoms with Crippen LogP contribution in [0.2, 0.25) is 0 Å². The van der Waals surface area contributed by atoms with Crippen LogP contribution in [0.3, 0.4) is 0 Å². The van der Waals surface area contributed by atoms with E-state index in [4.69, 9.17) is 5.73 Å². The van der Waals surface area contributed by atoms with E-state index in [1.165, 1.54) is 70.8 Å². The molecular formula is C17H34N2. The number of hydrogen-bond acceptors (Lipinski definition) is 2. The van der Waals surface area contributed by atoms with Crippen molar-refractivity contribution in [2.24, 2.45) is 11.7 Å². The first kappa shape index (κ1) is 15.3. The van der Waals surface area contributed by atoms with Crippen LogP contribution in [0, 0.1) is 5.92 Å². The van der Waals surface area contributed by atoms with Gasteiger partial charge in [0.25, 0.3) is 0 Å². The maximum atomic E-state index is 6.07. The first-order chi connectivity index (χ1) is 9.24. The molecule has 2 aliphatic carbocycles. The molecule has 19 heavy (non-hydrogen) atoms. The zero-order valence-corrected chi connectivity index (χ0v) is 13.1. The Morgan fingerprint density at radius 3 is 2.32 bits per heavy atom. The quantitative estimate of drug-likeness (QED) is 0.816. The summed E-state index contributed by atoms with van der Waals surface area (Å²) in [7, 11) is 0. The van der Waals surface area contributed by atoms with E-state index in [9.17, 15) is 0 Å². The van der Waals surface area contributed by atoms with E-state index in [-0.39, 0.29) is 0 Å². The molecule has 0 heterocycles. The highest BCUT2D eigenvalue weighted by Crippen LogP contribution is 2.33. The van der Waals surface area contributed by atoms with Crippen LogP contribution in [-0.4, -0.2) is 29.6 Å². The highest BCUT2D eigenvalue weighted by atomic mass is 15.2. The van der Waals surface area contributed by atoms with E-state index in [0.717, 1.165) is 18.0 Å². The van der Waals surface area contributed by atoms with Crippen molar-refractivity contribution in [2.75, 3.05) is 6.54 Å². The van der Waals surface area contributed by atoms with Crippen LogP contribution in [-0.2, 0) is 0 Å². The predicted molar refractivity (Wildman–Crippen MR) is 83.3 cm³/mol. The average Bonchev–Trinajstić information content (AvgIpc) is 2.46. The molecule has 0 aliphatic heterocycles. The van der Waals surface area contributed by atoms with Gasteiger partial charge in [-0.25, -0.2) is 0 Å². The van der Waals surface area contributed by atoms with Crippen molar-refractivity contribution in [3.8, 4) is 0 Å². The topological polar surface area (TPSA) is 29.3 Å². The normalized spacial score (nSPS) is 36.6. The van der Waals surface area contributed by atoms with Crippen molar-refractivity contribution in [2.45, 2.75) is 96.2 Å². The van der Waals surface area contributed by atoms with Gasteiger partial charge >= 0.3 is 0 Å². The highest BCUT2D eigenvalue weighted by molar-refractivity contribution is 4.87. The Balaban J connectivity index is 1.94. The van der Waals surface area contributed by atoms with Gasteiger partial charge in [-0.3, -0.25) is 4.90 Å². The van der Waals surface area contributed by atoms with Gasteiger partial charge in [0, 0.05) is 18.1 Å². The summed E-state index contributed by atoms with van der Waals surface area (Å²) in [6.45, 7) is 6.01. The zero-order valence-electron chi connectivity index (χ0n) is 13.1. The van der Waals surface area contributed by atoms with Gasteiger partial charge in [0.15, 0.2) is 0 Å². The molecule has 0 amide bonds. The van der Waals surface area contributed by atoms with Gasteiger partial charge in [-0.2, -0.15) is 0 Å². The molecule has 2 rings (SSSR count). The Morgan fingerprint density at radius 2 is 1.68 bits per heavy atom. The minimum Gasteiger partial charge on any atom is -0.328 e. The third kappa shape index (κ3) is 4.19. The monoisotopic (exact) mass is 266 g/mol. The lowest BCUT2D eigenvalue weighted by Crippen LogP contribution is -2.48. The predicted octanol–water partition coefficient (Wildman–Crippen LogP) is 3.94. The second-order valence-corrected chi connectivity index (χ2v) is 6.90. The van der Waals surface area contributed by atoms with Crippen LogP contribution in [0.1, 0.15) is 78.1 Å². The Bertz CT molecular complexity index is 246. The third-order valence-corrected chi connectivity index (χ3v) is 5.49. The number of hydrogen-bond donors (Lipinski definition) is 1. The fourth-order valence-electron chi connectivity index (χ4n) is 4.29. The molecule has 0 bridgehead atoms. The largest absolute Gasteiger partial charge is 0.328 e. The van der Waals surface area contributed by atoms with Crippen LogP contribution >= 0.6 is 0 Å². The average molecular weight is 266 g/mol. The minimum atomic E-state index is 0.481. The molecule has 2 fully saturated rings. The Labute approximate surface area is 120 Å². The first-order valence-electron chi connectivity index (χ1n) is 8.75. The molecular weight excluding hydrogens is 232 g/mol. The van der Waals surface area contributed by atoms with Crippen LogP contribution in [0.15, 0.2) is 0 Å². The molecule has 2 heteroatoms. The van der Waals surface area contributed by atoms with E-state index in [0.29, 0.717) is 6.04 Å². The Morgan fingerprint density at radius 1 is 0.947 bits per heavy atom. The van der Waals surface area contributed by atoms with Gasteiger partial charge in [-0.15, -0.1) is 0 Å². The standard InChI is InChI=1S/C17H34N2/c1-3-12-19(16-10-8-15(18)9-11-16)17-7-5-6-14(4-2)13-17/h14-17H,3-13,18H2,1-2H3. The summed E-state index contributed by atoms with van der Waals surface area (Å²) in [5, 5.41) is 0. The summed E-state index contributed by atoms with van der Waals surface area (Å²) in [6, 6.07) is 2.19. The SMILES string of the molecule is CCCN(C1CCC(N)CC1)C1CCCC(CC)C1. The molecule has 0 radical (unpaired) electrons. The van der Waals surface area contributed by atoms with E-state index in [2.05, 4.69) is 18.7 Å². The van der Waals surface area contributed by atoms with Crippen molar-refractivity contribution >= 4 is 0 Å². The van der Waals surface area contributed by atoms with E-state index >= 15 is 0 Å². The molecule has 0 spiro atoms. The Hall–Kier alpha value is -0.0800. The van der Waals surface area contributed by atoms with Crippen LogP contribution < -0.4 is 5.73 Å². The van der Waals surface area contributed by atoms with Crippen molar-refractivity contribution in [1.82, 2.24) is 4.90 Å². The Kier molecular flexibility index (Phi) is 6.15. The third-order valence-electron chi connectivity index (χ3n) is 5.49. The second kappa shape index (κ2) is 7.64. The molecule has 0 aromatic carbocycles. The van der Waals surface area contributed by atoms with Gasteiger partial charge in [-0.05, 0) is 57.4 Å². The maximum absolute atomic E-state index is 6.07. The molecule has 0 saturated heterocycles. The van der Waals surface area contributed by atoms with Gasteiger partial charge in [-0.1, -0.05) is 33.1 Å². The van der Waals surface area contributed by atoms with Crippen LogP contribution in [0.4, 0.5) is 0 Å². The molecule has 2 unspecified atom stereocenters. The summed E-state index contributed by atoms with van der Waals surface area (Å²) in [5.74, 6) is 0.990. The molecule has 2 saturated carbocycles. The first-order valence-corrected chi connectivity index (χ1v) is 8.75. The van der Waals surface area contributed by atoms with Crippen molar-refractivity contribution in [3.05, 3.63) is 0 Å². The molecule has 2 atom stereocenters. The van der Waals surface area contributed by atoms with Crippen molar-refractivity contribution < 1.29 is 0 Å². The second-order valence-electron chi connectivity index (χ2n) is 6.90. The maximum Gasteiger partial charge on any atom is 0.0101 e. The number of nitrogens with zero attached hydrogens (tertiary/aromatic N) is 1. The van der Waals surface area contributed by atoms with Gasteiger partial charge in [0.1, 0.15) is 0 Å². The molecule has 112 valence electrons. The van der Waals surface area contributed by atoms with Gasteiger partial charge in [0.2, 0.25) is 0 Å². The summed E-state index contributed by atoms with van der Waals surface area (Å²) in [5.41, 5.74) is 6.07. The lowest BCUT2D eigenvalue weighted by Gasteiger charge is -2.44. The molecule has 2 aliphatic rings. The highest BCUT2D eigenvalue weighted by Gasteiger charge is 2.31. The smallest absolute Gasteiger partial charge is 0.0101 e. The summed E-state index contributed by atoms with van der Waals surface area (Å²) in [4.78, 5) is 2.88. The molecule has 2 nitrogen and oxygen atoms in total. The molecule has 0 aromatic rings. The molecule has 2 N–H and O–H groups in total. The number of nitrogens with two attached hydrogens (primary N) is 1. The van der Waals surface area contributed by atoms with Gasteiger partial charge in [0.05, 0.1) is 0 Å². The van der Waals surface area contributed by atoms with Crippen molar-refractivity contribution in [1.29, 1.82) is 0 Å². The minimum absolute atomic E-state index is 0.481. The van der Waals surface area contributed by atoms with Gasteiger partial charge < -0.3 is 5.73 Å². The molecule has 0 aromatic heterocycles. The summed E-state index contributed by atoms with van der Waals surface area (Å²) >= 11 is 0. The lowest BCUT2D eigenvalue weighted by atomic mass is 9.81. The summed E-state index contributed by atoms with van der Waals surface area (Å²) in [6.07, 6.45) is 13.7. The van der Waals surface area contributed by atoms with E-state index < -0.39 is 0 Å². The van der Waals surface area contributed by atoms with E-state index in [1.54, 1.807) is 0 Å². The summed E-state index contributed by atoms with van der Waals surface area (Å²) < 4.78 is 0. The fourth-order valence-corrected chi connectivity index (χ4v) is 4.29. The van der Waals surface area contributed by atoms with E-state index in [1.807, 2.05) is 0 Å². The zero-order chi connectivity index (χ0) is 13.7.